The topological polar surface area (TPSA) is 56.5 Å². The van der Waals surface area contributed by atoms with E-state index >= 15 is 0 Å². The van der Waals surface area contributed by atoms with E-state index in [0.29, 0.717) is 0 Å². The molecule has 3 rings (SSSR count). The van der Waals surface area contributed by atoms with Crippen LogP contribution in [0.1, 0.15) is 21.8 Å². The predicted molar refractivity (Wildman–Crippen MR) is 85.0 cm³/mol. The second kappa shape index (κ2) is 5.95. The van der Waals surface area contributed by atoms with Crippen LogP contribution in [-0.2, 0) is 5.75 Å². The van der Waals surface area contributed by atoms with E-state index in [1.165, 1.54) is 11.1 Å². The summed E-state index contributed by atoms with van der Waals surface area (Å²) < 4.78 is 1.77. The third-order valence-electron chi connectivity index (χ3n) is 3.19. The molecule has 0 amide bonds. The Bertz CT molecular complexity index is 762. The van der Waals surface area contributed by atoms with Crippen LogP contribution in [0.4, 0.5) is 0 Å². The molecule has 2 aromatic heterocycles. The van der Waals surface area contributed by atoms with Crippen LogP contribution in [-0.4, -0.2) is 25.2 Å². The van der Waals surface area contributed by atoms with Crippen molar-refractivity contribution in [3.8, 4) is 5.69 Å². The summed E-state index contributed by atoms with van der Waals surface area (Å²) in [6.45, 7) is 6.20. The predicted octanol–water partition coefficient (Wildman–Crippen LogP) is 3.34. The van der Waals surface area contributed by atoms with Gasteiger partial charge in [0.05, 0.1) is 16.4 Å². The van der Waals surface area contributed by atoms with Crippen molar-refractivity contribution in [1.82, 2.24) is 25.2 Å². The molecule has 0 spiro atoms. The lowest BCUT2D eigenvalue weighted by Gasteiger charge is -2.06. The zero-order valence-electron chi connectivity index (χ0n) is 12.1. The van der Waals surface area contributed by atoms with Gasteiger partial charge >= 0.3 is 0 Å². The number of aromatic nitrogens is 5. The van der Waals surface area contributed by atoms with Crippen LogP contribution in [0.25, 0.3) is 5.69 Å². The molecule has 0 unspecified atom stereocenters. The van der Waals surface area contributed by atoms with E-state index in [9.17, 15) is 0 Å². The molecule has 0 aliphatic rings. The van der Waals surface area contributed by atoms with E-state index in [1.807, 2.05) is 13.0 Å². The monoisotopic (exact) mass is 317 g/mol. The van der Waals surface area contributed by atoms with Gasteiger partial charge in [-0.1, -0.05) is 17.8 Å². The van der Waals surface area contributed by atoms with E-state index in [-0.39, 0.29) is 0 Å². The maximum Gasteiger partial charge on any atom is 0.214 e. The molecule has 108 valence electrons. The molecule has 0 atom stereocenters. The van der Waals surface area contributed by atoms with Gasteiger partial charge in [-0.05, 0) is 54.5 Å². The Morgan fingerprint density at radius 3 is 2.76 bits per heavy atom. The third kappa shape index (κ3) is 3.14. The highest BCUT2D eigenvalue weighted by molar-refractivity contribution is 7.98. The molecular weight excluding hydrogens is 302 g/mol. The van der Waals surface area contributed by atoms with Gasteiger partial charge in [-0.3, -0.25) is 0 Å². The van der Waals surface area contributed by atoms with Crippen LogP contribution < -0.4 is 0 Å². The number of thiazole rings is 1. The van der Waals surface area contributed by atoms with Gasteiger partial charge in [-0.25, -0.2) is 4.98 Å². The number of aryl methyl sites for hydroxylation is 3. The normalized spacial score (nSPS) is 11.0. The van der Waals surface area contributed by atoms with Crippen molar-refractivity contribution < 1.29 is 0 Å². The van der Waals surface area contributed by atoms with Gasteiger partial charge < -0.3 is 0 Å². The quantitative estimate of drug-likeness (QED) is 0.691. The first kappa shape index (κ1) is 14.2. The van der Waals surface area contributed by atoms with Gasteiger partial charge in [0.15, 0.2) is 0 Å². The molecule has 0 saturated heterocycles. The molecule has 0 N–H and O–H groups in total. The summed E-state index contributed by atoms with van der Waals surface area (Å²) in [5.74, 6) is 0.773. The Hall–Kier alpha value is -1.73. The van der Waals surface area contributed by atoms with Gasteiger partial charge in [0.25, 0.3) is 0 Å². The van der Waals surface area contributed by atoms with Gasteiger partial charge in [0, 0.05) is 11.1 Å². The van der Waals surface area contributed by atoms with E-state index in [4.69, 9.17) is 0 Å². The lowest BCUT2D eigenvalue weighted by atomic mass is 10.1. The Morgan fingerprint density at radius 2 is 2.05 bits per heavy atom. The molecule has 3 aromatic rings. The second-order valence-corrected chi connectivity index (χ2v) is 6.79. The van der Waals surface area contributed by atoms with Crippen molar-refractivity contribution in [2.45, 2.75) is 31.7 Å². The lowest BCUT2D eigenvalue weighted by Crippen LogP contribution is -2.00. The van der Waals surface area contributed by atoms with Crippen molar-refractivity contribution in [3.63, 3.8) is 0 Å². The van der Waals surface area contributed by atoms with Crippen molar-refractivity contribution in [2.24, 2.45) is 0 Å². The van der Waals surface area contributed by atoms with Gasteiger partial charge in [-0.15, -0.1) is 16.4 Å². The highest BCUT2D eigenvalue weighted by Gasteiger charge is 2.10. The highest BCUT2D eigenvalue weighted by Crippen LogP contribution is 2.24. The van der Waals surface area contributed by atoms with Crippen LogP contribution >= 0.6 is 23.1 Å². The number of rotatable bonds is 4. The van der Waals surface area contributed by atoms with E-state index in [2.05, 4.69) is 51.9 Å². The number of tetrazole rings is 1. The molecule has 0 aliphatic heterocycles. The van der Waals surface area contributed by atoms with Gasteiger partial charge in [0.2, 0.25) is 5.16 Å². The minimum absolute atomic E-state index is 0.773. The zero-order valence-corrected chi connectivity index (χ0v) is 13.7. The van der Waals surface area contributed by atoms with Crippen molar-refractivity contribution in [2.75, 3.05) is 0 Å². The van der Waals surface area contributed by atoms with Crippen LogP contribution in [0.3, 0.4) is 0 Å². The Balaban J connectivity index is 1.81. The fraction of sp³-hybridized carbons (Fsp3) is 0.286. The number of benzene rings is 1. The maximum atomic E-state index is 4.46. The minimum atomic E-state index is 0.773. The number of hydrogen-bond acceptors (Lipinski definition) is 6. The molecule has 1 aromatic carbocycles. The summed E-state index contributed by atoms with van der Waals surface area (Å²) in [6.07, 6.45) is 0. The first-order valence-electron chi connectivity index (χ1n) is 6.53. The van der Waals surface area contributed by atoms with Crippen LogP contribution in [0.5, 0.6) is 0 Å². The van der Waals surface area contributed by atoms with Crippen molar-refractivity contribution in [3.05, 3.63) is 45.4 Å². The molecule has 0 radical (unpaired) electrons. The maximum absolute atomic E-state index is 4.46. The standard InChI is InChI=1S/C14H15N5S2/c1-9-4-5-13(6-10(9)2)19-14(16-17-18-19)21-8-12-7-20-11(3)15-12/h4-7H,8H2,1-3H3. The molecule has 5 nitrogen and oxygen atoms in total. The Labute approximate surface area is 131 Å². The number of nitrogens with zero attached hydrogens (tertiary/aromatic N) is 5. The smallest absolute Gasteiger partial charge is 0.214 e. The molecule has 21 heavy (non-hydrogen) atoms. The van der Waals surface area contributed by atoms with Crippen LogP contribution in [0, 0.1) is 20.8 Å². The minimum Gasteiger partial charge on any atom is -0.246 e. The fourth-order valence-electron chi connectivity index (χ4n) is 1.90. The van der Waals surface area contributed by atoms with E-state index in [0.717, 1.165) is 27.3 Å². The Morgan fingerprint density at radius 1 is 1.19 bits per heavy atom. The SMILES string of the molecule is Cc1nc(CSc2nnnn2-c2ccc(C)c(C)c2)cs1. The summed E-state index contributed by atoms with van der Waals surface area (Å²) in [6, 6.07) is 6.23. The van der Waals surface area contributed by atoms with E-state index in [1.54, 1.807) is 27.8 Å². The molecular formula is C14H15N5S2. The summed E-state index contributed by atoms with van der Waals surface area (Å²) in [5.41, 5.74) is 4.55. The summed E-state index contributed by atoms with van der Waals surface area (Å²) in [4.78, 5) is 4.46. The van der Waals surface area contributed by atoms with E-state index < -0.39 is 0 Å². The molecule has 0 bridgehead atoms. The first-order valence-corrected chi connectivity index (χ1v) is 8.40. The molecule has 0 aliphatic carbocycles. The zero-order chi connectivity index (χ0) is 14.8. The molecule has 0 saturated carbocycles. The fourth-order valence-corrected chi connectivity index (χ4v) is 3.40. The van der Waals surface area contributed by atoms with Crippen LogP contribution in [0.2, 0.25) is 0 Å². The largest absolute Gasteiger partial charge is 0.246 e. The third-order valence-corrected chi connectivity index (χ3v) is 4.97. The van der Waals surface area contributed by atoms with Crippen molar-refractivity contribution in [1.29, 1.82) is 0 Å². The summed E-state index contributed by atoms with van der Waals surface area (Å²) >= 11 is 3.26. The van der Waals surface area contributed by atoms with Gasteiger partial charge in [-0.2, -0.15) is 4.68 Å². The van der Waals surface area contributed by atoms with Crippen LogP contribution in [0.15, 0.2) is 28.7 Å². The number of hydrogen-bond donors (Lipinski definition) is 0. The average molecular weight is 317 g/mol. The second-order valence-electron chi connectivity index (χ2n) is 4.79. The summed E-state index contributed by atoms with van der Waals surface area (Å²) in [5, 5.41) is 15.9. The average Bonchev–Trinajstić information content (AvgIpc) is 3.08. The van der Waals surface area contributed by atoms with Gasteiger partial charge in [0.1, 0.15) is 0 Å². The highest BCUT2D eigenvalue weighted by atomic mass is 32.2. The molecule has 0 fully saturated rings. The Kier molecular flexibility index (Phi) is 4.03. The molecule has 7 heteroatoms. The summed E-state index contributed by atoms with van der Waals surface area (Å²) in [7, 11) is 0. The first-order chi connectivity index (χ1) is 10.1. The lowest BCUT2D eigenvalue weighted by molar-refractivity contribution is 0.755. The molecule has 2 heterocycles. The number of thioether (sulfide) groups is 1. The van der Waals surface area contributed by atoms with Crippen molar-refractivity contribution >= 4 is 23.1 Å².